The number of aromatic carboxylic acids is 1. The second kappa shape index (κ2) is 6.97. The SMILES string of the molecule is O=C(O)c1cccc(NC(=O)c2sc(=S)n3c2[nH]c(=O)c2cc(Br)ccc23)c1. The van der Waals surface area contributed by atoms with E-state index in [2.05, 4.69) is 26.2 Å². The zero-order valence-corrected chi connectivity index (χ0v) is 17.1. The van der Waals surface area contributed by atoms with Crippen LogP contribution in [-0.4, -0.2) is 26.4 Å². The number of hydrogen-bond acceptors (Lipinski definition) is 5. The fourth-order valence-electron chi connectivity index (χ4n) is 2.84. The van der Waals surface area contributed by atoms with Gasteiger partial charge in [0.2, 0.25) is 0 Å². The minimum atomic E-state index is -1.09. The molecule has 0 atom stereocenters. The first-order valence-corrected chi connectivity index (χ1v) is 9.89. The molecular formula is C18H10BrN3O4S2. The van der Waals surface area contributed by atoms with Crippen molar-refractivity contribution >= 4 is 73.6 Å². The molecule has 7 nitrogen and oxygen atoms in total. The predicted molar refractivity (Wildman–Crippen MR) is 113 cm³/mol. The molecule has 4 aromatic rings. The van der Waals surface area contributed by atoms with E-state index in [1.807, 2.05) is 0 Å². The Morgan fingerprint density at radius 3 is 2.75 bits per heavy atom. The van der Waals surface area contributed by atoms with Crippen LogP contribution in [0.4, 0.5) is 5.69 Å². The highest BCUT2D eigenvalue weighted by Crippen LogP contribution is 2.25. The summed E-state index contributed by atoms with van der Waals surface area (Å²) in [5.41, 5.74) is 0.925. The number of thiazole rings is 1. The number of nitrogens with one attached hydrogen (secondary N) is 2. The first-order chi connectivity index (χ1) is 13.3. The Kier molecular flexibility index (Phi) is 4.61. The van der Waals surface area contributed by atoms with Crippen LogP contribution in [0.1, 0.15) is 20.0 Å². The third-order valence-electron chi connectivity index (χ3n) is 4.06. The number of aromatic amines is 1. The fourth-order valence-corrected chi connectivity index (χ4v) is 4.48. The standard InChI is InChI=1S/C18H10BrN3O4S2/c19-9-4-5-12-11(7-9)15(23)21-14-13(28-18(27)22(12)14)16(24)20-10-3-1-2-8(6-10)17(25)26/h1-7H,(H,20,24)(H,21,23)(H,25,26). The maximum atomic E-state index is 12.8. The van der Waals surface area contributed by atoms with Gasteiger partial charge in [-0.15, -0.1) is 0 Å². The molecule has 0 aliphatic rings. The molecule has 28 heavy (non-hydrogen) atoms. The Balaban J connectivity index is 1.84. The van der Waals surface area contributed by atoms with Crippen molar-refractivity contribution in [2.45, 2.75) is 0 Å². The largest absolute Gasteiger partial charge is 0.478 e. The summed E-state index contributed by atoms with van der Waals surface area (Å²) in [4.78, 5) is 39.3. The maximum absolute atomic E-state index is 12.8. The summed E-state index contributed by atoms with van der Waals surface area (Å²) >= 11 is 9.81. The average Bonchev–Trinajstić information content (AvgIpc) is 2.98. The van der Waals surface area contributed by atoms with E-state index in [1.165, 1.54) is 18.2 Å². The molecule has 1 amide bonds. The number of hydrogen-bond donors (Lipinski definition) is 3. The van der Waals surface area contributed by atoms with Gasteiger partial charge in [0.15, 0.2) is 3.95 Å². The Labute approximate surface area is 174 Å². The normalized spacial score (nSPS) is 11.0. The van der Waals surface area contributed by atoms with Gasteiger partial charge in [-0.1, -0.05) is 33.3 Å². The van der Waals surface area contributed by atoms with Gasteiger partial charge in [-0.2, -0.15) is 0 Å². The van der Waals surface area contributed by atoms with E-state index >= 15 is 0 Å². The topological polar surface area (TPSA) is 104 Å². The lowest BCUT2D eigenvalue weighted by Crippen LogP contribution is -2.15. The summed E-state index contributed by atoms with van der Waals surface area (Å²) in [5, 5.41) is 12.2. The highest BCUT2D eigenvalue weighted by Gasteiger charge is 2.18. The van der Waals surface area contributed by atoms with Gasteiger partial charge in [0.05, 0.1) is 16.5 Å². The van der Waals surface area contributed by atoms with Gasteiger partial charge in [-0.3, -0.25) is 14.0 Å². The number of H-pyrrole nitrogens is 1. The molecule has 0 saturated heterocycles. The third-order valence-corrected chi connectivity index (χ3v) is 5.93. The molecule has 140 valence electrons. The molecular weight excluding hydrogens is 466 g/mol. The summed E-state index contributed by atoms with van der Waals surface area (Å²) in [6.45, 7) is 0. The Morgan fingerprint density at radius 1 is 1.21 bits per heavy atom. The van der Waals surface area contributed by atoms with Crippen LogP contribution in [0.3, 0.4) is 0 Å². The van der Waals surface area contributed by atoms with Gasteiger partial charge in [0.25, 0.3) is 11.5 Å². The van der Waals surface area contributed by atoms with Crippen LogP contribution in [0.5, 0.6) is 0 Å². The second-order valence-corrected chi connectivity index (χ2v) is 8.40. The molecule has 0 fully saturated rings. The van der Waals surface area contributed by atoms with Crippen LogP contribution in [0, 0.1) is 3.95 Å². The summed E-state index contributed by atoms with van der Waals surface area (Å²) in [6.07, 6.45) is 0. The first-order valence-electron chi connectivity index (χ1n) is 7.87. The first kappa shape index (κ1) is 18.5. The monoisotopic (exact) mass is 475 g/mol. The van der Waals surface area contributed by atoms with Crippen LogP contribution in [0.25, 0.3) is 16.6 Å². The number of carboxylic acids is 1. The van der Waals surface area contributed by atoms with Crippen LogP contribution in [-0.2, 0) is 0 Å². The number of carbonyl (C=O) groups is 2. The lowest BCUT2D eigenvalue weighted by molar-refractivity contribution is 0.0696. The summed E-state index contributed by atoms with van der Waals surface area (Å²) < 4.78 is 2.80. The zero-order valence-electron chi connectivity index (χ0n) is 13.9. The van der Waals surface area contributed by atoms with Crippen molar-refractivity contribution in [2.24, 2.45) is 0 Å². The van der Waals surface area contributed by atoms with E-state index in [4.69, 9.17) is 17.3 Å². The number of rotatable bonds is 3. The molecule has 0 spiro atoms. The molecule has 3 N–H and O–H groups in total. The Bertz CT molecular complexity index is 1400. The van der Waals surface area contributed by atoms with Gasteiger partial charge in [0.1, 0.15) is 10.5 Å². The predicted octanol–water partition coefficient (Wildman–Crippen LogP) is 4.28. The third kappa shape index (κ3) is 3.15. The number of anilines is 1. The van der Waals surface area contributed by atoms with Crippen LogP contribution >= 0.6 is 39.5 Å². The van der Waals surface area contributed by atoms with Crippen LogP contribution < -0.4 is 10.9 Å². The smallest absolute Gasteiger partial charge is 0.335 e. The number of nitrogens with zero attached hydrogens (tertiary/aromatic N) is 1. The van der Waals surface area contributed by atoms with E-state index < -0.39 is 11.9 Å². The van der Waals surface area contributed by atoms with Gasteiger partial charge in [-0.05, 0) is 48.6 Å². The van der Waals surface area contributed by atoms with Gasteiger partial charge in [-0.25, -0.2) is 4.79 Å². The van der Waals surface area contributed by atoms with Crippen molar-refractivity contribution in [1.82, 2.24) is 9.38 Å². The Morgan fingerprint density at radius 2 is 2.00 bits per heavy atom. The lowest BCUT2D eigenvalue weighted by atomic mass is 10.2. The fraction of sp³-hybridized carbons (Fsp3) is 0. The molecule has 0 unspecified atom stereocenters. The zero-order chi connectivity index (χ0) is 20.0. The Hall–Kier alpha value is -2.82. The van der Waals surface area contributed by atoms with Crippen molar-refractivity contribution in [2.75, 3.05) is 5.32 Å². The molecule has 0 bridgehead atoms. The van der Waals surface area contributed by atoms with E-state index in [9.17, 15) is 14.4 Å². The summed E-state index contributed by atoms with van der Waals surface area (Å²) in [6, 6.07) is 11.1. The lowest BCUT2D eigenvalue weighted by Gasteiger charge is -2.06. The average molecular weight is 476 g/mol. The number of halogens is 1. The van der Waals surface area contributed by atoms with Gasteiger partial charge in [0, 0.05) is 10.2 Å². The van der Waals surface area contributed by atoms with E-state index in [-0.39, 0.29) is 16.0 Å². The highest BCUT2D eigenvalue weighted by atomic mass is 79.9. The summed E-state index contributed by atoms with van der Waals surface area (Å²) in [7, 11) is 0. The second-order valence-electron chi connectivity index (χ2n) is 5.84. The van der Waals surface area contributed by atoms with E-state index in [1.54, 1.807) is 28.7 Å². The van der Waals surface area contributed by atoms with Crippen molar-refractivity contribution in [1.29, 1.82) is 0 Å². The van der Waals surface area contributed by atoms with E-state index in [0.29, 0.717) is 26.2 Å². The maximum Gasteiger partial charge on any atom is 0.335 e. The minimum absolute atomic E-state index is 0.0529. The molecule has 2 aromatic heterocycles. The van der Waals surface area contributed by atoms with Crippen LogP contribution in [0.2, 0.25) is 0 Å². The molecule has 0 radical (unpaired) electrons. The number of carboxylic acid groups (broad SMARTS) is 1. The molecule has 0 aliphatic heterocycles. The molecule has 0 saturated carbocycles. The van der Waals surface area contributed by atoms with Crippen LogP contribution in [0.15, 0.2) is 51.7 Å². The number of benzene rings is 2. The van der Waals surface area contributed by atoms with Gasteiger partial charge >= 0.3 is 5.97 Å². The molecule has 2 aromatic carbocycles. The summed E-state index contributed by atoms with van der Waals surface area (Å²) in [5.74, 6) is -1.59. The van der Waals surface area contributed by atoms with E-state index in [0.717, 1.165) is 15.8 Å². The minimum Gasteiger partial charge on any atom is -0.478 e. The quantitative estimate of drug-likeness (QED) is 0.383. The number of fused-ring (bicyclic) bond motifs is 3. The van der Waals surface area contributed by atoms with Gasteiger partial charge < -0.3 is 15.4 Å². The number of carbonyl (C=O) groups excluding carboxylic acids is 1. The van der Waals surface area contributed by atoms with Crippen molar-refractivity contribution in [3.63, 3.8) is 0 Å². The molecule has 4 rings (SSSR count). The highest BCUT2D eigenvalue weighted by molar-refractivity contribution is 9.10. The number of amides is 1. The van der Waals surface area contributed by atoms with Crippen molar-refractivity contribution < 1.29 is 14.7 Å². The molecule has 2 heterocycles. The number of aromatic nitrogens is 2. The van der Waals surface area contributed by atoms with Crippen molar-refractivity contribution in [3.05, 3.63) is 71.7 Å². The molecule has 0 aliphatic carbocycles. The van der Waals surface area contributed by atoms with Crippen molar-refractivity contribution in [3.8, 4) is 0 Å². The molecule has 10 heteroatoms.